The Morgan fingerprint density at radius 1 is 0.786 bits per heavy atom. The van der Waals surface area contributed by atoms with Crippen LogP contribution in [0.3, 0.4) is 0 Å². The van der Waals surface area contributed by atoms with Crippen molar-refractivity contribution in [3.05, 3.63) is 58.6 Å². The number of nitrogens with one attached hydrogen (secondary N) is 2. The standard InChI is InChI=1S/C19H18Cl2N6O/c20-13-4-6-15(7-5-13)22-17-24-18(23-16-3-1-2-14(21)12-16)26-19(25-17)27-8-10-28-11-9-27/h1-7,12H,8-11H2,(H2,22,23,24,25,26). The quantitative estimate of drug-likeness (QED) is 0.633. The van der Waals surface area contributed by atoms with Crippen molar-refractivity contribution in [3.8, 4) is 0 Å². The van der Waals surface area contributed by atoms with E-state index >= 15 is 0 Å². The van der Waals surface area contributed by atoms with Gasteiger partial charge >= 0.3 is 0 Å². The van der Waals surface area contributed by atoms with Gasteiger partial charge in [-0.15, -0.1) is 0 Å². The summed E-state index contributed by atoms with van der Waals surface area (Å²) in [4.78, 5) is 15.7. The molecule has 1 aliphatic heterocycles. The van der Waals surface area contributed by atoms with Gasteiger partial charge < -0.3 is 20.3 Å². The smallest absolute Gasteiger partial charge is 0.233 e. The van der Waals surface area contributed by atoms with E-state index in [0.717, 1.165) is 24.5 Å². The Kier molecular flexibility index (Phi) is 5.76. The van der Waals surface area contributed by atoms with E-state index in [1.807, 2.05) is 36.4 Å². The van der Waals surface area contributed by atoms with Crippen molar-refractivity contribution < 1.29 is 4.74 Å². The van der Waals surface area contributed by atoms with Crippen molar-refractivity contribution >= 4 is 52.4 Å². The molecule has 2 N–H and O–H groups in total. The van der Waals surface area contributed by atoms with Gasteiger partial charge in [-0.25, -0.2) is 0 Å². The van der Waals surface area contributed by atoms with Crippen LogP contribution in [0.1, 0.15) is 0 Å². The molecule has 0 radical (unpaired) electrons. The number of hydrogen-bond donors (Lipinski definition) is 2. The number of ether oxygens (including phenoxy) is 1. The molecule has 4 rings (SSSR count). The third-order valence-electron chi connectivity index (χ3n) is 4.10. The molecule has 1 saturated heterocycles. The minimum atomic E-state index is 0.426. The molecule has 0 bridgehead atoms. The van der Waals surface area contributed by atoms with Crippen LogP contribution < -0.4 is 15.5 Å². The first-order chi connectivity index (χ1) is 13.7. The summed E-state index contributed by atoms with van der Waals surface area (Å²) in [6.07, 6.45) is 0. The van der Waals surface area contributed by atoms with Gasteiger partial charge in [0.25, 0.3) is 0 Å². The number of rotatable bonds is 5. The minimum Gasteiger partial charge on any atom is -0.378 e. The predicted octanol–water partition coefficient (Wildman–Crippen LogP) is 4.50. The lowest BCUT2D eigenvalue weighted by Crippen LogP contribution is -2.37. The first kappa shape index (κ1) is 18.7. The molecule has 1 fully saturated rings. The summed E-state index contributed by atoms with van der Waals surface area (Å²) in [6, 6.07) is 14.7. The van der Waals surface area contributed by atoms with E-state index in [0.29, 0.717) is 41.1 Å². The minimum absolute atomic E-state index is 0.426. The van der Waals surface area contributed by atoms with E-state index in [2.05, 4.69) is 30.5 Å². The number of morpholine rings is 1. The van der Waals surface area contributed by atoms with Gasteiger partial charge in [0.1, 0.15) is 0 Å². The predicted molar refractivity (Wildman–Crippen MR) is 112 cm³/mol. The van der Waals surface area contributed by atoms with Crippen LogP contribution in [0.4, 0.5) is 29.2 Å². The zero-order valence-corrected chi connectivity index (χ0v) is 16.4. The Balaban J connectivity index is 1.64. The molecule has 0 atom stereocenters. The Labute approximate surface area is 172 Å². The first-order valence-corrected chi connectivity index (χ1v) is 9.55. The zero-order chi connectivity index (χ0) is 19.3. The van der Waals surface area contributed by atoms with Crippen LogP contribution in [0.25, 0.3) is 0 Å². The molecule has 0 amide bonds. The maximum atomic E-state index is 6.08. The molecule has 2 heterocycles. The fraction of sp³-hybridized carbons (Fsp3) is 0.211. The molecule has 3 aromatic rings. The van der Waals surface area contributed by atoms with Crippen LogP contribution in [0.15, 0.2) is 48.5 Å². The van der Waals surface area contributed by atoms with Gasteiger partial charge in [-0.3, -0.25) is 0 Å². The van der Waals surface area contributed by atoms with Crippen LogP contribution in [0.5, 0.6) is 0 Å². The van der Waals surface area contributed by atoms with Crippen molar-refractivity contribution in [2.45, 2.75) is 0 Å². The molecule has 0 saturated carbocycles. The third-order valence-corrected chi connectivity index (χ3v) is 4.59. The van der Waals surface area contributed by atoms with Crippen LogP contribution in [-0.4, -0.2) is 41.3 Å². The van der Waals surface area contributed by atoms with Crippen LogP contribution >= 0.6 is 23.2 Å². The summed E-state index contributed by atoms with van der Waals surface area (Å²) in [5.74, 6) is 1.44. The van der Waals surface area contributed by atoms with Gasteiger partial charge in [-0.1, -0.05) is 29.3 Å². The van der Waals surface area contributed by atoms with Gasteiger partial charge in [-0.2, -0.15) is 15.0 Å². The van der Waals surface area contributed by atoms with Gasteiger partial charge in [-0.05, 0) is 42.5 Å². The average Bonchev–Trinajstić information content (AvgIpc) is 2.70. The molecule has 7 nitrogen and oxygen atoms in total. The number of halogens is 2. The van der Waals surface area contributed by atoms with E-state index in [1.165, 1.54) is 0 Å². The van der Waals surface area contributed by atoms with E-state index in [9.17, 15) is 0 Å². The lowest BCUT2D eigenvalue weighted by Gasteiger charge is -2.27. The fourth-order valence-electron chi connectivity index (χ4n) is 2.74. The van der Waals surface area contributed by atoms with Crippen molar-refractivity contribution in [1.82, 2.24) is 15.0 Å². The fourth-order valence-corrected chi connectivity index (χ4v) is 3.06. The van der Waals surface area contributed by atoms with Crippen LogP contribution in [-0.2, 0) is 4.74 Å². The van der Waals surface area contributed by atoms with E-state index in [4.69, 9.17) is 27.9 Å². The first-order valence-electron chi connectivity index (χ1n) is 8.80. The summed E-state index contributed by atoms with van der Waals surface area (Å²) in [5.41, 5.74) is 1.63. The molecule has 1 aromatic heterocycles. The molecule has 28 heavy (non-hydrogen) atoms. The molecule has 0 aliphatic carbocycles. The number of benzene rings is 2. The normalized spacial score (nSPS) is 14.0. The van der Waals surface area contributed by atoms with Crippen LogP contribution in [0, 0.1) is 0 Å². The number of hydrogen-bond acceptors (Lipinski definition) is 7. The SMILES string of the molecule is Clc1ccc(Nc2nc(Nc3cccc(Cl)c3)nc(N3CCOCC3)n2)cc1. The molecule has 1 aliphatic rings. The molecular formula is C19H18Cl2N6O. The highest BCUT2D eigenvalue weighted by molar-refractivity contribution is 6.31. The number of nitrogens with zero attached hydrogens (tertiary/aromatic N) is 4. The second-order valence-electron chi connectivity index (χ2n) is 6.15. The zero-order valence-electron chi connectivity index (χ0n) is 14.9. The average molecular weight is 417 g/mol. The molecule has 0 unspecified atom stereocenters. The summed E-state index contributed by atoms with van der Waals surface area (Å²) in [7, 11) is 0. The molecular weight excluding hydrogens is 399 g/mol. The molecule has 2 aromatic carbocycles. The maximum absolute atomic E-state index is 6.08. The Morgan fingerprint density at radius 2 is 1.46 bits per heavy atom. The largest absolute Gasteiger partial charge is 0.378 e. The Bertz CT molecular complexity index is 947. The van der Waals surface area contributed by atoms with Crippen molar-refractivity contribution in [3.63, 3.8) is 0 Å². The Hall–Kier alpha value is -2.61. The summed E-state index contributed by atoms with van der Waals surface area (Å²) in [6.45, 7) is 2.73. The monoisotopic (exact) mass is 416 g/mol. The van der Waals surface area contributed by atoms with Crippen molar-refractivity contribution in [2.75, 3.05) is 41.8 Å². The highest BCUT2D eigenvalue weighted by atomic mass is 35.5. The maximum Gasteiger partial charge on any atom is 0.233 e. The highest BCUT2D eigenvalue weighted by Crippen LogP contribution is 2.23. The molecule has 144 valence electrons. The topological polar surface area (TPSA) is 75.2 Å². The van der Waals surface area contributed by atoms with Gasteiger partial charge in [0.15, 0.2) is 0 Å². The van der Waals surface area contributed by atoms with E-state index < -0.39 is 0 Å². The van der Waals surface area contributed by atoms with Crippen LogP contribution in [0.2, 0.25) is 10.0 Å². The van der Waals surface area contributed by atoms with E-state index in [-0.39, 0.29) is 0 Å². The van der Waals surface area contributed by atoms with Crippen molar-refractivity contribution in [1.29, 1.82) is 0 Å². The number of aromatic nitrogens is 3. The second-order valence-corrected chi connectivity index (χ2v) is 7.02. The number of anilines is 5. The van der Waals surface area contributed by atoms with Gasteiger partial charge in [0.2, 0.25) is 17.8 Å². The molecule has 0 spiro atoms. The lowest BCUT2D eigenvalue weighted by molar-refractivity contribution is 0.122. The van der Waals surface area contributed by atoms with E-state index in [1.54, 1.807) is 12.1 Å². The summed E-state index contributed by atoms with van der Waals surface area (Å²) >= 11 is 12.0. The van der Waals surface area contributed by atoms with Crippen molar-refractivity contribution in [2.24, 2.45) is 0 Å². The molecule has 9 heteroatoms. The lowest BCUT2D eigenvalue weighted by atomic mass is 10.3. The van der Waals surface area contributed by atoms with Gasteiger partial charge in [0, 0.05) is 34.5 Å². The summed E-state index contributed by atoms with van der Waals surface area (Å²) in [5, 5.41) is 7.69. The third kappa shape index (κ3) is 4.81. The Morgan fingerprint density at radius 3 is 2.14 bits per heavy atom. The summed E-state index contributed by atoms with van der Waals surface area (Å²) < 4.78 is 5.43. The second kappa shape index (κ2) is 8.60. The van der Waals surface area contributed by atoms with Gasteiger partial charge in [0.05, 0.1) is 13.2 Å². The highest BCUT2D eigenvalue weighted by Gasteiger charge is 2.17.